The molecule has 154 valence electrons. The molecule has 3 aliphatic heterocycles. The number of thioether (sulfide) groups is 1. The minimum atomic E-state index is -2.87. The van der Waals surface area contributed by atoms with E-state index in [0.29, 0.717) is 24.9 Å². The maximum absolute atomic E-state index is 13.1. The molecule has 1 aromatic carbocycles. The van der Waals surface area contributed by atoms with E-state index < -0.39 is 9.84 Å². The topological polar surface area (TPSA) is 66.9 Å². The van der Waals surface area contributed by atoms with Gasteiger partial charge >= 0.3 is 0 Å². The maximum Gasteiger partial charge on any atom is 0.255 e. The van der Waals surface area contributed by atoms with Crippen molar-refractivity contribution in [1.29, 1.82) is 0 Å². The molecule has 4 rings (SSSR count). The predicted octanol–water partition coefficient (Wildman–Crippen LogP) is 1.90. The van der Waals surface area contributed by atoms with Gasteiger partial charge in [-0.25, -0.2) is 8.42 Å². The minimum absolute atomic E-state index is 0.0779. The highest BCUT2D eigenvalue weighted by Gasteiger charge is 2.34. The molecule has 0 bridgehead atoms. The van der Waals surface area contributed by atoms with E-state index in [1.807, 2.05) is 29.2 Å². The van der Waals surface area contributed by atoms with Gasteiger partial charge in [0.1, 0.15) is 0 Å². The van der Waals surface area contributed by atoms with Crippen molar-refractivity contribution >= 4 is 27.5 Å². The summed E-state index contributed by atoms with van der Waals surface area (Å²) in [6.07, 6.45) is 3.23. The lowest BCUT2D eigenvalue weighted by atomic mass is 10.1. The fourth-order valence-corrected chi connectivity index (χ4v) is 7.13. The van der Waals surface area contributed by atoms with Crippen LogP contribution in [0.2, 0.25) is 0 Å². The zero-order valence-electron chi connectivity index (χ0n) is 16.1. The average molecular weight is 425 g/mol. The number of ether oxygens (including phenoxy) is 1. The van der Waals surface area contributed by atoms with Crippen LogP contribution in [0.25, 0.3) is 0 Å². The number of hydrogen-bond acceptors (Lipinski definition) is 6. The van der Waals surface area contributed by atoms with Crippen LogP contribution in [0.1, 0.15) is 29.6 Å². The number of benzene rings is 1. The molecule has 0 radical (unpaired) electrons. The Morgan fingerprint density at radius 1 is 1.14 bits per heavy atom. The third-order valence-corrected chi connectivity index (χ3v) is 8.85. The lowest BCUT2D eigenvalue weighted by molar-refractivity contribution is 0.0584. The van der Waals surface area contributed by atoms with Gasteiger partial charge in [0, 0.05) is 49.5 Å². The fraction of sp³-hybridized carbons (Fsp3) is 0.650. The predicted molar refractivity (Wildman–Crippen MR) is 111 cm³/mol. The molecule has 0 spiro atoms. The lowest BCUT2D eigenvalue weighted by Gasteiger charge is -2.37. The van der Waals surface area contributed by atoms with Crippen LogP contribution in [0.4, 0.5) is 0 Å². The molecule has 1 aromatic rings. The van der Waals surface area contributed by atoms with Crippen molar-refractivity contribution in [1.82, 2.24) is 9.80 Å². The first-order valence-electron chi connectivity index (χ1n) is 10.1. The van der Waals surface area contributed by atoms with Gasteiger partial charge in [-0.05, 0) is 31.4 Å². The van der Waals surface area contributed by atoms with E-state index in [1.54, 1.807) is 11.8 Å². The number of carbonyl (C=O) groups excluding carboxylic acids is 1. The summed E-state index contributed by atoms with van der Waals surface area (Å²) in [5.74, 6) is 1.53. The average Bonchev–Trinajstić information content (AvgIpc) is 3.35. The van der Waals surface area contributed by atoms with E-state index in [2.05, 4.69) is 4.90 Å². The Labute approximate surface area is 171 Å². The Hall–Kier alpha value is -1.09. The van der Waals surface area contributed by atoms with Crippen molar-refractivity contribution in [2.45, 2.75) is 36.3 Å². The normalized spacial score (nSPS) is 27.9. The van der Waals surface area contributed by atoms with E-state index in [4.69, 9.17) is 4.74 Å². The molecule has 3 heterocycles. The Kier molecular flexibility index (Phi) is 6.30. The lowest BCUT2D eigenvalue weighted by Crippen LogP contribution is -2.52. The van der Waals surface area contributed by atoms with Crippen LogP contribution in [-0.2, 0) is 14.6 Å². The van der Waals surface area contributed by atoms with E-state index in [0.717, 1.165) is 55.2 Å². The van der Waals surface area contributed by atoms with Crippen molar-refractivity contribution in [2.75, 3.05) is 50.0 Å². The number of nitrogens with zero attached hydrogens (tertiary/aromatic N) is 2. The van der Waals surface area contributed by atoms with Gasteiger partial charge in [0.2, 0.25) is 0 Å². The number of piperazine rings is 1. The highest BCUT2D eigenvalue weighted by molar-refractivity contribution is 7.99. The molecular weight excluding hydrogens is 396 g/mol. The molecule has 1 amide bonds. The molecule has 6 nitrogen and oxygen atoms in total. The first-order chi connectivity index (χ1) is 13.5. The standard InChI is InChI=1S/C20H28N2O4S2/c23-20(18-5-1-2-6-19(18)27-14-17-4-3-12-26-17)22-10-8-21(9-11-22)16-7-13-28(24,25)15-16/h1-2,5-6,16-17H,3-4,7-15H2/t16-,17-/m0/s1. The van der Waals surface area contributed by atoms with E-state index >= 15 is 0 Å². The Balaban J connectivity index is 1.35. The largest absolute Gasteiger partial charge is 0.377 e. The third kappa shape index (κ3) is 4.72. The quantitative estimate of drug-likeness (QED) is 0.673. The monoisotopic (exact) mass is 424 g/mol. The number of carbonyl (C=O) groups is 1. The molecule has 0 N–H and O–H groups in total. The van der Waals surface area contributed by atoms with Crippen molar-refractivity contribution in [3.05, 3.63) is 29.8 Å². The van der Waals surface area contributed by atoms with E-state index in [9.17, 15) is 13.2 Å². The first-order valence-corrected chi connectivity index (χ1v) is 12.9. The number of rotatable bonds is 5. The van der Waals surface area contributed by atoms with E-state index in [1.165, 1.54) is 0 Å². The van der Waals surface area contributed by atoms with Gasteiger partial charge in [0.05, 0.1) is 23.2 Å². The van der Waals surface area contributed by atoms with Gasteiger partial charge in [-0.2, -0.15) is 0 Å². The fourth-order valence-electron chi connectivity index (χ4n) is 4.25. The second kappa shape index (κ2) is 8.73. The molecule has 0 aromatic heterocycles. The van der Waals surface area contributed by atoms with Gasteiger partial charge in [-0.1, -0.05) is 12.1 Å². The molecule has 28 heavy (non-hydrogen) atoms. The van der Waals surface area contributed by atoms with Crippen LogP contribution in [-0.4, -0.2) is 86.3 Å². The second-order valence-electron chi connectivity index (χ2n) is 7.83. The van der Waals surface area contributed by atoms with Crippen molar-refractivity contribution in [3.63, 3.8) is 0 Å². The summed E-state index contributed by atoms with van der Waals surface area (Å²) in [5.41, 5.74) is 0.766. The summed E-state index contributed by atoms with van der Waals surface area (Å²) < 4.78 is 29.2. The van der Waals surface area contributed by atoms with Crippen molar-refractivity contribution in [3.8, 4) is 0 Å². The molecule has 3 aliphatic rings. The Bertz CT molecular complexity index is 800. The van der Waals surface area contributed by atoms with Crippen LogP contribution in [0.15, 0.2) is 29.2 Å². The van der Waals surface area contributed by atoms with Crippen molar-refractivity contribution in [2.24, 2.45) is 0 Å². The molecule has 3 fully saturated rings. The maximum atomic E-state index is 13.1. The van der Waals surface area contributed by atoms with Gasteiger partial charge in [-0.3, -0.25) is 9.69 Å². The van der Waals surface area contributed by atoms with Crippen LogP contribution in [0, 0.1) is 0 Å². The van der Waals surface area contributed by atoms with Crippen LogP contribution in [0.5, 0.6) is 0 Å². The van der Waals surface area contributed by atoms with Crippen molar-refractivity contribution < 1.29 is 17.9 Å². The van der Waals surface area contributed by atoms with E-state index in [-0.39, 0.29) is 17.7 Å². The highest BCUT2D eigenvalue weighted by Crippen LogP contribution is 2.28. The van der Waals surface area contributed by atoms with Gasteiger partial charge < -0.3 is 9.64 Å². The summed E-state index contributed by atoms with van der Waals surface area (Å²) in [7, 11) is -2.87. The molecule has 3 saturated heterocycles. The summed E-state index contributed by atoms with van der Waals surface area (Å²) in [6.45, 7) is 3.65. The van der Waals surface area contributed by atoms with Gasteiger partial charge in [0.15, 0.2) is 9.84 Å². The van der Waals surface area contributed by atoms with Crippen LogP contribution < -0.4 is 0 Å². The molecule has 8 heteroatoms. The SMILES string of the molecule is O=C(c1ccccc1SC[C@@H]1CCCO1)N1CCN([C@H]2CCS(=O)(=O)C2)CC1. The molecule has 0 unspecified atom stereocenters. The number of amides is 1. The van der Waals surface area contributed by atoms with Gasteiger partial charge in [0.25, 0.3) is 5.91 Å². The number of hydrogen-bond donors (Lipinski definition) is 0. The Morgan fingerprint density at radius 3 is 2.61 bits per heavy atom. The second-order valence-corrected chi connectivity index (χ2v) is 11.1. The Morgan fingerprint density at radius 2 is 1.93 bits per heavy atom. The molecular formula is C20H28N2O4S2. The summed E-state index contributed by atoms with van der Waals surface area (Å²) >= 11 is 1.71. The van der Waals surface area contributed by atoms with Crippen LogP contribution in [0.3, 0.4) is 0 Å². The molecule has 0 aliphatic carbocycles. The highest BCUT2D eigenvalue weighted by atomic mass is 32.2. The van der Waals surface area contributed by atoms with Gasteiger partial charge in [-0.15, -0.1) is 11.8 Å². The number of sulfone groups is 1. The van der Waals surface area contributed by atoms with Crippen LogP contribution >= 0.6 is 11.8 Å². The minimum Gasteiger partial charge on any atom is -0.377 e. The zero-order valence-corrected chi connectivity index (χ0v) is 17.7. The third-order valence-electron chi connectivity index (χ3n) is 5.89. The zero-order chi connectivity index (χ0) is 19.6. The smallest absolute Gasteiger partial charge is 0.255 e. The first kappa shape index (κ1) is 20.2. The molecule has 0 saturated carbocycles. The molecule has 2 atom stereocenters. The summed E-state index contributed by atoms with van der Waals surface area (Å²) in [5, 5.41) is 0. The summed E-state index contributed by atoms with van der Waals surface area (Å²) in [6, 6.07) is 7.95. The summed E-state index contributed by atoms with van der Waals surface area (Å²) in [4.78, 5) is 18.3.